The Morgan fingerprint density at radius 2 is 2.00 bits per heavy atom. The van der Waals surface area contributed by atoms with E-state index >= 15 is 0 Å². The van der Waals surface area contributed by atoms with Gasteiger partial charge in [0, 0.05) is 0 Å². The van der Waals surface area contributed by atoms with Crippen LogP contribution in [0.1, 0.15) is 0 Å². The number of anilines is 1. The molecule has 0 aliphatic carbocycles. The average molecular weight is 181 g/mol. The fourth-order valence-corrected chi connectivity index (χ4v) is 1.05. The first-order valence-corrected chi connectivity index (χ1v) is 3.81. The molecular weight excluding hydrogens is 172 g/mol. The van der Waals surface area contributed by atoms with Crippen molar-refractivity contribution in [2.45, 2.75) is 0 Å². The maximum Gasteiger partial charge on any atom is 0.217 e. The van der Waals surface area contributed by atoms with Crippen LogP contribution < -0.4 is 10.8 Å². The summed E-state index contributed by atoms with van der Waals surface area (Å²) < 4.78 is 0. The first-order valence-electron chi connectivity index (χ1n) is 3.40. The molecule has 0 saturated heterocycles. The second-order valence-corrected chi connectivity index (χ2v) is 2.50. The van der Waals surface area contributed by atoms with Crippen molar-refractivity contribution in [1.82, 2.24) is 5.73 Å². The number of hydrogen-bond donors (Lipinski definition) is 0. The minimum atomic E-state index is -0.0521. The molecule has 3 nitrogen and oxygen atoms in total. The smallest absolute Gasteiger partial charge is 0.217 e. The Kier molecular flexibility index (Phi) is 3.01. The molecular formula is C8H9N2OS. The van der Waals surface area contributed by atoms with Crippen LogP contribution in [0, 0.1) is 0 Å². The van der Waals surface area contributed by atoms with E-state index in [4.69, 9.17) is 10.6 Å². The number of nitrogens with one attached hydrogen (secondary N) is 1. The van der Waals surface area contributed by atoms with Crippen molar-refractivity contribution < 1.29 is 4.84 Å². The highest BCUT2D eigenvalue weighted by Crippen LogP contribution is 2.12. The van der Waals surface area contributed by atoms with Crippen LogP contribution in [-0.2, 0) is 4.84 Å². The predicted molar refractivity (Wildman–Crippen MR) is 51.6 cm³/mol. The fourth-order valence-electron chi connectivity index (χ4n) is 0.869. The van der Waals surface area contributed by atoms with Crippen molar-refractivity contribution in [3.63, 3.8) is 0 Å². The van der Waals surface area contributed by atoms with Crippen molar-refractivity contribution in [1.29, 1.82) is 0 Å². The third-order valence-corrected chi connectivity index (χ3v) is 1.52. The standard InChI is InChI=1S/C8H9N2OS/c1-11-10(8(9)12)7-5-3-2-4-6-7/h2-6,9H,1H3. The van der Waals surface area contributed by atoms with Crippen molar-refractivity contribution in [2.75, 3.05) is 12.2 Å². The highest BCUT2D eigenvalue weighted by molar-refractivity contribution is 7.80. The van der Waals surface area contributed by atoms with E-state index in [0.29, 0.717) is 0 Å². The third-order valence-electron chi connectivity index (χ3n) is 1.36. The largest absolute Gasteiger partial charge is 0.273 e. The van der Waals surface area contributed by atoms with Gasteiger partial charge >= 0.3 is 0 Å². The Labute approximate surface area is 76.7 Å². The van der Waals surface area contributed by atoms with Gasteiger partial charge in [0.05, 0.1) is 12.8 Å². The van der Waals surface area contributed by atoms with Gasteiger partial charge in [-0.25, -0.2) is 0 Å². The highest BCUT2D eigenvalue weighted by Gasteiger charge is 2.06. The van der Waals surface area contributed by atoms with Gasteiger partial charge in [0.15, 0.2) is 0 Å². The number of rotatable bonds is 2. The number of hydroxylamine groups is 1. The van der Waals surface area contributed by atoms with Gasteiger partial charge in [-0.1, -0.05) is 18.2 Å². The molecule has 0 unspecified atom stereocenters. The first kappa shape index (κ1) is 8.96. The molecule has 0 spiro atoms. The molecule has 1 rings (SSSR count). The summed E-state index contributed by atoms with van der Waals surface area (Å²) in [6.07, 6.45) is 0. The van der Waals surface area contributed by atoms with E-state index in [-0.39, 0.29) is 5.11 Å². The topological polar surface area (TPSA) is 36.3 Å². The zero-order valence-corrected chi connectivity index (χ0v) is 7.47. The number of nitrogens with zero attached hydrogens (tertiary/aromatic N) is 1. The Bertz CT molecular complexity index is 263. The van der Waals surface area contributed by atoms with Crippen molar-refractivity contribution in [2.24, 2.45) is 0 Å². The summed E-state index contributed by atoms with van der Waals surface area (Å²) in [5.41, 5.74) is 7.97. The van der Waals surface area contributed by atoms with E-state index in [1.54, 1.807) is 0 Å². The molecule has 0 aliphatic heterocycles. The number of hydrogen-bond acceptors (Lipinski definition) is 2. The summed E-state index contributed by atoms with van der Waals surface area (Å²) in [5.74, 6) is 0. The van der Waals surface area contributed by atoms with Crippen LogP contribution in [-0.4, -0.2) is 12.2 Å². The van der Waals surface area contributed by atoms with Gasteiger partial charge < -0.3 is 0 Å². The molecule has 1 radical (unpaired) electrons. The number of para-hydroxylation sites is 1. The lowest BCUT2D eigenvalue weighted by atomic mass is 10.3. The average Bonchev–Trinajstić information content (AvgIpc) is 2.07. The van der Waals surface area contributed by atoms with Crippen LogP contribution in [0.25, 0.3) is 0 Å². The molecule has 0 fully saturated rings. The van der Waals surface area contributed by atoms with Gasteiger partial charge in [-0.3, -0.25) is 10.6 Å². The zero-order valence-electron chi connectivity index (χ0n) is 6.65. The lowest BCUT2D eigenvalue weighted by molar-refractivity contribution is 0.211. The molecule has 1 aromatic rings. The van der Waals surface area contributed by atoms with E-state index in [9.17, 15) is 0 Å². The molecule has 1 N–H and O–H groups in total. The van der Waals surface area contributed by atoms with Crippen LogP contribution in [0.2, 0.25) is 0 Å². The van der Waals surface area contributed by atoms with E-state index in [1.165, 1.54) is 12.2 Å². The minimum absolute atomic E-state index is 0.0521. The maximum atomic E-state index is 7.20. The predicted octanol–water partition coefficient (Wildman–Crippen LogP) is 1.62. The van der Waals surface area contributed by atoms with E-state index in [1.807, 2.05) is 30.3 Å². The third kappa shape index (κ3) is 1.93. The maximum absolute atomic E-state index is 7.20. The summed E-state index contributed by atoms with van der Waals surface area (Å²) in [6.45, 7) is 0. The van der Waals surface area contributed by atoms with Gasteiger partial charge in [-0.15, -0.1) is 0 Å². The second kappa shape index (κ2) is 4.04. The van der Waals surface area contributed by atoms with Crippen LogP contribution in [0.5, 0.6) is 0 Å². The molecule has 4 heteroatoms. The van der Waals surface area contributed by atoms with Crippen molar-refractivity contribution in [3.8, 4) is 0 Å². The van der Waals surface area contributed by atoms with Gasteiger partial charge in [0.2, 0.25) is 5.11 Å². The Hall–Kier alpha value is -1.13. The molecule has 0 aromatic heterocycles. The molecule has 0 aliphatic rings. The highest BCUT2D eigenvalue weighted by atomic mass is 32.1. The van der Waals surface area contributed by atoms with Gasteiger partial charge in [-0.2, -0.15) is 5.06 Å². The number of thiocarbonyl (C=S) groups is 1. The molecule has 0 atom stereocenters. The quantitative estimate of drug-likeness (QED) is 0.514. The molecule has 0 amide bonds. The normalized spacial score (nSPS) is 9.42. The summed E-state index contributed by atoms with van der Waals surface area (Å²) in [7, 11) is 1.48. The second-order valence-electron chi connectivity index (χ2n) is 2.12. The van der Waals surface area contributed by atoms with Crippen molar-refractivity contribution >= 4 is 23.0 Å². The molecule has 1 aromatic carbocycles. The Morgan fingerprint density at radius 1 is 1.42 bits per heavy atom. The number of benzene rings is 1. The van der Waals surface area contributed by atoms with E-state index in [2.05, 4.69) is 12.2 Å². The molecule has 12 heavy (non-hydrogen) atoms. The van der Waals surface area contributed by atoms with Crippen LogP contribution in [0.15, 0.2) is 30.3 Å². The molecule has 0 saturated carbocycles. The van der Waals surface area contributed by atoms with Gasteiger partial charge in [-0.05, 0) is 24.4 Å². The van der Waals surface area contributed by atoms with E-state index < -0.39 is 0 Å². The monoisotopic (exact) mass is 181 g/mol. The molecule has 0 heterocycles. The van der Waals surface area contributed by atoms with Crippen molar-refractivity contribution in [3.05, 3.63) is 30.3 Å². The lowest BCUT2D eigenvalue weighted by Crippen LogP contribution is -2.28. The Morgan fingerprint density at radius 3 is 2.42 bits per heavy atom. The van der Waals surface area contributed by atoms with Crippen LogP contribution in [0.4, 0.5) is 5.69 Å². The first-order chi connectivity index (χ1) is 5.75. The summed E-state index contributed by atoms with van der Waals surface area (Å²) >= 11 is 4.67. The van der Waals surface area contributed by atoms with Crippen LogP contribution >= 0.6 is 12.2 Å². The van der Waals surface area contributed by atoms with Crippen LogP contribution in [0.3, 0.4) is 0 Å². The summed E-state index contributed by atoms with van der Waals surface area (Å²) in [5, 5.41) is 1.22. The fraction of sp³-hybridized carbons (Fsp3) is 0.125. The minimum Gasteiger partial charge on any atom is -0.273 e. The Balaban J connectivity index is 2.88. The summed E-state index contributed by atoms with van der Waals surface area (Å²) in [4.78, 5) is 4.90. The molecule has 0 bridgehead atoms. The van der Waals surface area contributed by atoms with Gasteiger partial charge in [0.25, 0.3) is 0 Å². The van der Waals surface area contributed by atoms with E-state index in [0.717, 1.165) is 5.69 Å². The SMILES string of the molecule is CON(C([NH])=S)c1ccccc1. The molecule has 63 valence electrons. The lowest BCUT2D eigenvalue weighted by Gasteiger charge is -2.17. The van der Waals surface area contributed by atoms with Gasteiger partial charge in [0.1, 0.15) is 0 Å². The summed E-state index contributed by atoms with van der Waals surface area (Å²) in [6, 6.07) is 9.26. The zero-order chi connectivity index (χ0) is 8.97.